The molecule has 1 N–H and O–H groups in total. The summed E-state index contributed by atoms with van der Waals surface area (Å²) < 4.78 is 0. The number of hydrogen-bond acceptors (Lipinski definition) is 4. The van der Waals surface area contributed by atoms with Gasteiger partial charge in [-0.05, 0) is 12.8 Å². The summed E-state index contributed by atoms with van der Waals surface area (Å²) in [6, 6.07) is 8.35. The van der Waals surface area contributed by atoms with E-state index in [9.17, 15) is 4.79 Å². The fourth-order valence-corrected chi connectivity index (χ4v) is 3.44. The van der Waals surface area contributed by atoms with Gasteiger partial charge in [-0.1, -0.05) is 37.1 Å². The molecule has 1 saturated carbocycles. The minimum atomic E-state index is 0.112. The van der Waals surface area contributed by atoms with Crippen LogP contribution in [0.15, 0.2) is 34.3 Å². The van der Waals surface area contributed by atoms with Gasteiger partial charge in [-0.3, -0.25) is 14.8 Å². The molecule has 1 heterocycles. The molecule has 1 aromatic rings. The van der Waals surface area contributed by atoms with Crippen molar-refractivity contribution in [1.29, 1.82) is 0 Å². The van der Waals surface area contributed by atoms with Crippen molar-refractivity contribution in [1.82, 2.24) is 0 Å². The molecule has 0 saturated heterocycles. The molecule has 2 atom stereocenters. The number of carbonyl (C=O) groups is 1. The molecule has 4 heteroatoms. The van der Waals surface area contributed by atoms with Crippen LogP contribution >= 0.6 is 0 Å². The summed E-state index contributed by atoms with van der Waals surface area (Å²) in [6.45, 7) is 0. The van der Waals surface area contributed by atoms with Crippen molar-refractivity contribution < 1.29 is 9.90 Å². The Morgan fingerprint density at radius 3 is 2.19 bits per heavy atom. The summed E-state index contributed by atoms with van der Waals surface area (Å²) in [5, 5.41) is 7.00. The van der Waals surface area contributed by atoms with Gasteiger partial charge < -0.3 is 5.11 Å². The Morgan fingerprint density at radius 2 is 1.52 bits per heavy atom. The van der Waals surface area contributed by atoms with Crippen molar-refractivity contribution in [2.45, 2.75) is 44.2 Å². The summed E-state index contributed by atoms with van der Waals surface area (Å²) in [5.41, 5.74) is 3.61. The third-order valence-electron chi connectivity index (χ3n) is 4.42. The number of aliphatic hydroxyl groups is 1. The standard InChI is InChI=1S/C16H16N2O.CH4O/c19-16-11-6-2-1-5-10(11)14-9-15(16)18-13-8-4-3-7-12(13)17-14;1-2/h1-2,5-6,12-13H,3-4,7-9H2;2H,1H3. The van der Waals surface area contributed by atoms with Gasteiger partial charge in [0.25, 0.3) is 0 Å². The van der Waals surface area contributed by atoms with E-state index in [2.05, 4.69) is 0 Å². The number of fused-ring (bicyclic) bond motifs is 5. The van der Waals surface area contributed by atoms with Crippen molar-refractivity contribution in [2.75, 3.05) is 7.11 Å². The average molecular weight is 284 g/mol. The Balaban J connectivity index is 0.000000636. The highest BCUT2D eigenvalue weighted by Gasteiger charge is 2.34. The second-order valence-corrected chi connectivity index (χ2v) is 5.62. The summed E-state index contributed by atoms with van der Waals surface area (Å²) in [4.78, 5) is 22.2. The van der Waals surface area contributed by atoms with Crippen LogP contribution in [0.2, 0.25) is 0 Å². The van der Waals surface area contributed by atoms with Gasteiger partial charge in [0.15, 0.2) is 0 Å². The molecule has 110 valence electrons. The highest BCUT2D eigenvalue weighted by Crippen LogP contribution is 2.31. The highest BCUT2D eigenvalue weighted by molar-refractivity contribution is 6.53. The molecule has 4 nitrogen and oxygen atoms in total. The monoisotopic (exact) mass is 284 g/mol. The molecule has 2 aliphatic carbocycles. The number of rotatable bonds is 0. The van der Waals surface area contributed by atoms with E-state index in [0.717, 1.165) is 42.5 Å². The summed E-state index contributed by atoms with van der Waals surface area (Å²) in [7, 11) is 1.00. The molecule has 0 amide bonds. The second kappa shape index (κ2) is 5.90. The van der Waals surface area contributed by atoms with E-state index in [1.165, 1.54) is 12.8 Å². The summed E-state index contributed by atoms with van der Waals surface area (Å²) >= 11 is 0. The minimum absolute atomic E-state index is 0.112. The van der Waals surface area contributed by atoms with Crippen molar-refractivity contribution >= 4 is 17.2 Å². The quantitative estimate of drug-likeness (QED) is 0.795. The summed E-state index contributed by atoms with van der Waals surface area (Å²) in [6.07, 6.45) is 5.26. The SMILES string of the molecule is CO.O=C1C2=NC3CCCCC3N=C(C2)c2ccccc21. The molecule has 1 aliphatic heterocycles. The number of aliphatic imine (C=N–C) groups is 2. The average Bonchev–Trinajstić information content (AvgIpc) is 2.72. The third kappa shape index (κ3) is 2.44. The van der Waals surface area contributed by atoms with Crippen molar-refractivity contribution in [3.63, 3.8) is 0 Å². The van der Waals surface area contributed by atoms with E-state index in [1.807, 2.05) is 24.3 Å². The maximum atomic E-state index is 12.5. The lowest BCUT2D eigenvalue weighted by Crippen LogP contribution is -2.28. The first kappa shape index (κ1) is 14.1. The molecular formula is C17H20N2O2. The predicted molar refractivity (Wildman–Crippen MR) is 83.5 cm³/mol. The van der Waals surface area contributed by atoms with Gasteiger partial charge in [-0.25, -0.2) is 0 Å². The van der Waals surface area contributed by atoms with Gasteiger partial charge in [-0.15, -0.1) is 0 Å². The number of hydrogen-bond donors (Lipinski definition) is 1. The highest BCUT2D eigenvalue weighted by atomic mass is 16.2. The molecule has 21 heavy (non-hydrogen) atoms. The Hall–Kier alpha value is -1.81. The fourth-order valence-electron chi connectivity index (χ4n) is 3.44. The van der Waals surface area contributed by atoms with Crippen molar-refractivity contribution in [3.05, 3.63) is 35.4 Å². The van der Waals surface area contributed by atoms with Gasteiger partial charge in [0, 0.05) is 30.4 Å². The lowest BCUT2D eigenvalue weighted by atomic mass is 9.87. The van der Waals surface area contributed by atoms with E-state index >= 15 is 0 Å². The first-order valence-electron chi connectivity index (χ1n) is 7.55. The Kier molecular flexibility index (Phi) is 3.97. The first-order valence-corrected chi connectivity index (χ1v) is 7.55. The minimum Gasteiger partial charge on any atom is -0.400 e. The largest absolute Gasteiger partial charge is 0.400 e. The van der Waals surface area contributed by atoms with E-state index in [4.69, 9.17) is 15.1 Å². The van der Waals surface area contributed by atoms with Crippen LogP contribution < -0.4 is 0 Å². The van der Waals surface area contributed by atoms with Gasteiger partial charge in [-0.2, -0.15) is 0 Å². The van der Waals surface area contributed by atoms with Crippen LogP contribution in [0.5, 0.6) is 0 Å². The molecule has 0 radical (unpaired) electrons. The van der Waals surface area contributed by atoms with E-state index in [1.54, 1.807) is 0 Å². The van der Waals surface area contributed by atoms with Gasteiger partial charge in [0.2, 0.25) is 5.78 Å². The van der Waals surface area contributed by atoms with Gasteiger partial charge >= 0.3 is 0 Å². The van der Waals surface area contributed by atoms with Crippen LogP contribution in [0, 0.1) is 0 Å². The number of benzene rings is 1. The van der Waals surface area contributed by atoms with Crippen LogP contribution in [-0.4, -0.2) is 41.5 Å². The molecule has 4 rings (SSSR count). The van der Waals surface area contributed by atoms with Crippen molar-refractivity contribution in [2.24, 2.45) is 9.98 Å². The number of ketones is 1. The first-order chi connectivity index (χ1) is 10.3. The van der Waals surface area contributed by atoms with E-state index < -0.39 is 0 Å². The van der Waals surface area contributed by atoms with Gasteiger partial charge in [0.05, 0.1) is 17.8 Å². The molecule has 3 aliphatic rings. The van der Waals surface area contributed by atoms with Crippen LogP contribution in [0.1, 0.15) is 48.0 Å². The van der Waals surface area contributed by atoms with Crippen LogP contribution in [0.4, 0.5) is 0 Å². The number of carbonyl (C=O) groups excluding carboxylic acids is 1. The third-order valence-corrected chi connectivity index (χ3v) is 4.42. The molecule has 0 spiro atoms. The molecule has 2 bridgehead atoms. The zero-order valence-electron chi connectivity index (χ0n) is 12.2. The zero-order valence-corrected chi connectivity index (χ0v) is 12.2. The number of Topliss-reactive ketones (excluding diaryl/α,β-unsaturated/α-hetero) is 1. The zero-order chi connectivity index (χ0) is 14.8. The second-order valence-electron chi connectivity index (χ2n) is 5.62. The molecule has 2 unspecified atom stereocenters. The number of nitrogens with zero attached hydrogens (tertiary/aromatic N) is 2. The van der Waals surface area contributed by atoms with Crippen LogP contribution in [-0.2, 0) is 0 Å². The smallest absolute Gasteiger partial charge is 0.207 e. The molecule has 0 aromatic heterocycles. The van der Waals surface area contributed by atoms with E-state index in [0.29, 0.717) is 12.5 Å². The maximum absolute atomic E-state index is 12.5. The maximum Gasteiger partial charge on any atom is 0.207 e. The lowest BCUT2D eigenvalue weighted by molar-refractivity contribution is 0.106. The van der Waals surface area contributed by atoms with E-state index in [-0.39, 0.29) is 11.8 Å². The van der Waals surface area contributed by atoms with Gasteiger partial charge in [0.1, 0.15) is 0 Å². The molecular weight excluding hydrogens is 264 g/mol. The fraction of sp³-hybridized carbons (Fsp3) is 0.471. The Morgan fingerprint density at radius 1 is 0.952 bits per heavy atom. The Bertz CT molecular complexity index is 619. The topological polar surface area (TPSA) is 62.0 Å². The molecule has 1 fully saturated rings. The lowest BCUT2D eigenvalue weighted by Gasteiger charge is -2.24. The van der Waals surface area contributed by atoms with Crippen molar-refractivity contribution in [3.8, 4) is 0 Å². The van der Waals surface area contributed by atoms with Crippen LogP contribution in [0.3, 0.4) is 0 Å². The van der Waals surface area contributed by atoms with Crippen LogP contribution in [0.25, 0.3) is 0 Å². The predicted octanol–water partition coefficient (Wildman–Crippen LogP) is 2.44. The summed E-state index contributed by atoms with van der Waals surface area (Å²) in [5.74, 6) is 0.112. The normalized spacial score (nSPS) is 26.3. The molecule has 1 aromatic carbocycles. The number of aliphatic hydroxyl groups excluding tert-OH is 1. The Labute approximate surface area is 124 Å².